The summed E-state index contributed by atoms with van der Waals surface area (Å²) in [5.74, 6) is 1.68. The highest BCUT2D eigenvalue weighted by molar-refractivity contribution is 7.88. The number of nitrogens with zero attached hydrogens (tertiary/aromatic N) is 2. The maximum Gasteiger partial charge on any atom is 0.407 e. The smallest absolute Gasteiger partial charge is 0.407 e. The minimum Gasteiger partial charge on any atom is -0.497 e. The van der Waals surface area contributed by atoms with Crippen LogP contribution in [0.2, 0.25) is 0 Å². The van der Waals surface area contributed by atoms with Crippen LogP contribution in [0.4, 0.5) is 4.79 Å². The van der Waals surface area contributed by atoms with Crippen LogP contribution < -0.4 is 9.47 Å². The lowest BCUT2D eigenvalue weighted by atomic mass is 10.0. The largest absolute Gasteiger partial charge is 0.497 e. The van der Waals surface area contributed by atoms with Crippen molar-refractivity contribution in [2.45, 2.75) is 57.8 Å². The maximum absolute atomic E-state index is 12.8. The molecule has 2 aromatic rings. The number of likely N-dealkylation sites (tertiary alicyclic amines) is 1. The van der Waals surface area contributed by atoms with Gasteiger partial charge in [-0.3, -0.25) is 4.90 Å². The molecule has 186 valence electrons. The molecule has 0 spiro atoms. The summed E-state index contributed by atoms with van der Waals surface area (Å²) in [5.41, 5.74) is 1.96. The van der Waals surface area contributed by atoms with E-state index in [2.05, 4.69) is 13.8 Å². The summed E-state index contributed by atoms with van der Waals surface area (Å²) < 4.78 is 38.3. The van der Waals surface area contributed by atoms with Crippen LogP contribution in [-0.4, -0.2) is 66.9 Å². The highest BCUT2D eigenvalue weighted by atomic mass is 32.2. The first-order valence-electron chi connectivity index (χ1n) is 11.3. The van der Waals surface area contributed by atoms with Gasteiger partial charge in [-0.15, -0.1) is 0 Å². The van der Waals surface area contributed by atoms with Crippen molar-refractivity contribution in [1.29, 1.82) is 0 Å². The Morgan fingerprint density at radius 2 is 1.71 bits per heavy atom. The summed E-state index contributed by atoms with van der Waals surface area (Å²) in [4.78, 5) is 13.4. The fraction of sp³-hybridized carbons (Fsp3) is 0.480. The third-order valence-corrected chi connectivity index (χ3v) is 7.59. The highest BCUT2D eigenvalue weighted by Gasteiger charge is 2.47. The van der Waals surface area contributed by atoms with Crippen LogP contribution in [0.15, 0.2) is 48.5 Å². The SMILES string of the molecule is COc1ccc(CN([C@H]2C[C@@H](C)N(C(=O)O)[C@H]2COc2ccc(C(C)C)cc2)S(C)(=O)=O)cc1. The van der Waals surface area contributed by atoms with Crippen LogP contribution in [-0.2, 0) is 16.6 Å². The molecule has 0 aliphatic carbocycles. The van der Waals surface area contributed by atoms with Crippen molar-refractivity contribution in [1.82, 2.24) is 9.21 Å². The maximum atomic E-state index is 12.8. The number of amides is 1. The molecule has 8 nitrogen and oxygen atoms in total. The predicted molar refractivity (Wildman–Crippen MR) is 131 cm³/mol. The van der Waals surface area contributed by atoms with E-state index >= 15 is 0 Å². The van der Waals surface area contributed by atoms with Gasteiger partial charge in [0.25, 0.3) is 0 Å². The van der Waals surface area contributed by atoms with Gasteiger partial charge in [-0.05, 0) is 54.7 Å². The van der Waals surface area contributed by atoms with E-state index in [9.17, 15) is 18.3 Å². The zero-order valence-corrected chi connectivity index (χ0v) is 21.2. The summed E-state index contributed by atoms with van der Waals surface area (Å²) in [5, 5.41) is 9.89. The molecule has 2 aromatic carbocycles. The molecule has 0 unspecified atom stereocenters. The molecule has 1 aliphatic heterocycles. The molecule has 1 heterocycles. The van der Waals surface area contributed by atoms with Crippen molar-refractivity contribution < 1.29 is 27.8 Å². The Kier molecular flexibility index (Phi) is 8.09. The number of hydrogen-bond donors (Lipinski definition) is 1. The van der Waals surface area contributed by atoms with Crippen LogP contribution >= 0.6 is 0 Å². The van der Waals surface area contributed by atoms with Gasteiger partial charge in [0, 0.05) is 12.6 Å². The Morgan fingerprint density at radius 1 is 1.12 bits per heavy atom. The molecule has 1 N–H and O–H groups in total. The van der Waals surface area contributed by atoms with E-state index in [0.717, 1.165) is 11.8 Å². The Morgan fingerprint density at radius 3 is 2.21 bits per heavy atom. The topological polar surface area (TPSA) is 96.4 Å². The van der Waals surface area contributed by atoms with Crippen molar-refractivity contribution in [3.63, 3.8) is 0 Å². The number of hydrogen-bond acceptors (Lipinski definition) is 5. The number of carboxylic acid groups (broad SMARTS) is 1. The van der Waals surface area contributed by atoms with E-state index in [1.165, 1.54) is 14.8 Å². The van der Waals surface area contributed by atoms with Gasteiger partial charge in [0.2, 0.25) is 10.0 Å². The first kappa shape index (κ1) is 25.8. The van der Waals surface area contributed by atoms with Crippen LogP contribution in [0.3, 0.4) is 0 Å². The van der Waals surface area contributed by atoms with Crippen molar-refractivity contribution in [3.05, 3.63) is 59.7 Å². The molecule has 9 heteroatoms. The average molecular weight is 491 g/mol. The van der Waals surface area contributed by atoms with Gasteiger partial charge < -0.3 is 14.6 Å². The van der Waals surface area contributed by atoms with Gasteiger partial charge in [0.1, 0.15) is 18.1 Å². The van der Waals surface area contributed by atoms with E-state index in [1.54, 1.807) is 26.2 Å². The highest BCUT2D eigenvalue weighted by Crippen LogP contribution is 2.32. The first-order chi connectivity index (χ1) is 16.0. The number of carbonyl (C=O) groups is 1. The minimum atomic E-state index is -3.64. The zero-order valence-electron chi connectivity index (χ0n) is 20.3. The van der Waals surface area contributed by atoms with Crippen molar-refractivity contribution in [2.75, 3.05) is 20.0 Å². The third kappa shape index (κ3) is 6.01. The summed E-state index contributed by atoms with van der Waals surface area (Å²) in [7, 11) is -2.07. The second-order valence-electron chi connectivity index (χ2n) is 9.10. The lowest BCUT2D eigenvalue weighted by molar-refractivity contribution is 0.0954. The summed E-state index contributed by atoms with van der Waals surface area (Å²) in [6.07, 6.45) is 0.458. The molecule has 0 aromatic heterocycles. The van der Waals surface area contributed by atoms with Crippen LogP contribution in [0.25, 0.3) is 0 Å². The van der Waals surface area contributed by atoms with Crippen LogP contribution in [0.5, 0.6) is 11.5 Å². The van der Waals surface area contributed by atoms with E-state index < -0.39 is 28.2 Å². The van der Waals surface area contributed by atoms with Crippen molar-refractivity contribution in [3.8, 4) is 11.5 Å². The first-order valence-corrected chi connectivity index (χ1v) is 13.2. The van der Waals surface area contributed by atoms with Crippen LogP contribution in [0, 0.1) is 0 Å². The zero-order chi connectivity index (χ0) is 25.0. The van der Waals surface area contributed by atoms with E-state index in [-0.39, 0.29) is 19.2 Å². The van der Waals surface area contributed by atoms with Gasteiger partial charge in [0.05, 0.1) is 25.4 Å². The number of methoxy groups -OCH3 is 1. The fourth-order valence-corrected chi connectivity index (χ4v) is 5.59. The molecule has 1 amide bonds. The second-order valence-corrected chi connectivity index (χ2v) is 11.0. The molecule has 0 bridgehead atoms. The quantitative estimate of drug-likeness (QED) is 0.567. The normalized spacial score (nSPS) is 20.7. The monoisotopic (exact) mass is 490 g/mol. The Labute approximate surface area is 202 Å². The summed E-state index contributed by atoms with van der Waals surface area (Å²) in [6, 6.07) is 13.3. The standard InChI is InChI=1S/C25H34N2O6S/c1-17(2)20-8-12-22(13-9-20)33-16-24-23(14-18(3)27(24)25(28)29)26(34(5,30)31)15-19-6-10-21(32-4)11-7-19/h6-13,17-18,23-24H,14-16H2,1-5H3,(H,28,29)/t18-,23+,24+/m1/s1. The van der Waals surface area contributed by atoms with Gasteiger partial charge in [0.15, 0.2) is 0 Å². The lowest BCUT2D eigenvalue weighted by Gasteiger charge is -2.33. The number of sulfonamides is 1. The van der Waals surface area contributed by atoms with E-state index in [4.69, 9.17) is 9.47 Å². The molecule has 1 aliphatic rings. The molecular weight excluding hydrogens is 456 g/mol. The Bertz CT molecular complexity index is 1070. The number of rotatable bonds is 9. The minimum absolute atomic E-state index is 0.0525. The Balaban J connectivity index is 1.86. The van der Waals surface area contributed by atoms with Gasteiger partial charge >= 0.3 is 6.09 Å². The molecule has 0 radical (unpaired) electrons. The van der Waals surface area contributed by atoms with Gasteiger partial charge in [-0.1, -0.05) is 38.1 Å². The fourth-order valence-electron chi connectivity index (χ4n) is 4.49. The molecule has 3 rings (SSSR count). The summed E-state index contributed by atoms with van der Waals surface area (Å²) >= 11 is 0. The molecular formula is C25H34N2O6S. The number of benzene rings is 2. The average Bonchev–Trinajstić information content (AvgIpc) is 3.11. The van der Waals surface area contributed by atoms with Crippen molar-refractivity contribution in [2.24, 2.45) is 0 Å². The molecule has 0 saturated carbocycles. The third-order valence-electron chi connectivity index (χ3n) is 6.34. The van der Waals surface area contributed by atoms with Gasteiger partial charge in [-0.2, -0.15) is 4.31 Å². The molecule has 3 atom stereocenters. The predicted octanol–water partition coefficient (Wildman–Crippen LogP) is 4.17. The molecule has 1 fully saturated rings. The molecule has 1 saturated heterocycles. The lowest BCUT2D eigenvalue weighted by Crippen LogP contribution is -2.51. The Hall–Kier alpha value is -2.78. The molecule has 34 heavy (non-hydrogen) atoms. The summed E-state index contributed by atoms with van der Waals surface area (Å²) in [6.45, 7) is 6.19. The van der Waals surface area contributed by atoms with Gasteiger partial charge in [-0.25, -0.2) is 13.2 Å². The van der Waals surface area contributed by atoms with E-state index in [1.807, 2.05) is 36.4 Å². The van der Waals surface area contributed by atoms with E-state index in [0.29, 0.717) is 23.8 Å². The van der Waals surface area contributed by atoms with Crippen LogP contribution in [0.1, 0.15) is 44.2 Å². The number of ether oxygens (including phenoxy) is 2. The van der Waals surface area contributed by atoms with Crippen molar-refractivity contribution >= 4 is 16.1 Å². The second kappa shape index (κ2) is 10.7.